The van der Waals surface area contributed by atoms with Gasteiger partial charge in [0, 0.05) is 5.56 Å². The number of pyridine rings is 1. The zero-order chi connectivity index (χ0) is 10.1. The predicted octanol–water partition coefficient (Wildman–Crippen LogP) is 3.04. The molecule has 0 aliphatic carbocycles. The lowest BCUT2D eigenvalue weighted by molar-refractivity contribution is 0.395. The van der Waals surface area contributed by atoms with Gasteiger partial charge in [-0.1, -0.05) is 32.4 Å². The molecule has 1 aromatic heterocycles. The molecule has 1 rings (SSSR count). The fourth-order valence-electron chi connectivity index (χ4n) is 1.17. The van der Waals surface area contributed by atoms with Crippen LogP contribution in [0.3, 0.4) is 0 Å². The lowest BCUT2D eigenvalue weighted by Gasteiger charge is -2.21. The standard InChI is InChI=1S/C10H14ClNO/c1-10(2,3)7-5-9(11)12-6-8(7)13-4/h5-6H,1-4H3. The Hall–Kier alpha value is -0.760. The molecule has 0 atom stereocenters. The molecule has 0 saturated heterocycles. The van der Waals surface area contributed by atoms with E-state index >= 15 is 0 Å². The van der Waals surface area contributed by atoms with Crippen LogP contribution in [0.5, 0.6) is 5.75 Å². The summed E-state index contributed by atoms with van der Waals surface area (Å²) < 4.78 is 5.21. The first-order valence-corrected chi connectivity index (χ1v) is 4.53. The van der Waals surface area contributed by atoms with Gasteiger partial charge in [-0.2, -0.15) is 0 Å². The highest BCUT2D eigenvalue weighted by atomic mass is 35.5. The van der Waals surface area contributed by atoms with Crippen LogP contribution in [0.2, 0.25) is 5.15 Å². The van der Waals surface area contributed by atoms with E-state index in [1.54, 1.807) is 13.3 Å². The molecule has 0 aliphatic rings. The van der Waals surface area contributed by atoms with E-state index in [4.69, 9.17) is 16.3 Å². The molecule has 1 aromatic rings. The van der Waals surface area contributed by atoms with Gasteiger partial charge in [-0.15, -0.1) is 0 Å². The summed E-state index contributed by atoms with van der Waals surface area (Å²) in [4.78, 5) is 3.96. The van der Waals surface area contributed by atoms with Gasteiger partial charge in [-0.3, -0.25) is 0 Å². The van der Waals surface area contributed by atoms with E-state index < -0.39 is 0 Å². The molecule has 0 aliphatic heterocycles. The van der Waals surface area contributed by atoms with Crippen LogP contribution < -0.4 is 4.74 Å². The van der Waals surface area contributed by atoms with Crippen molar-refractivity contribution in [1.29, 1.82) is 0 Å². The summed E-state index contributed by atoms with van der Waals surface area (Å²) in [6, 6.07) is 1.85. The largest absolute Gasteiger partial charge is 0.495 e. The molecule has 3 heteroatoms. The lowest BCUT2D eigenvalue weighted by atomic mass is 9.87. The Labute approximate surface area is 83.9 Å². The minimum atomic E-state index is 0.0257. The first-order valence-electron chi connectivity index (χ1n) is 4.15. The van der Waals surface area contributed by atoms with Crippen molar-refractivity contribution in [1.82, 2.24) is 4.98 Å². The smallest absolute Gasteiger partial charge is 0.140 e. The fourth-order valence-corrected chi connectivity index (χ4v) is 1.32. The first-order chi connectivity index (χ1) is 5.95. The summed E-state index contributed by atoms with van der Waals surface area (Å²) >= 11 is 5.81. The summed E-state index contributed by atoms with van der Waals surface area (Å²) in [6.07, 6.45) is 1.66. The van der Waals surface area contributed by atoms with E-state index in [2.05, 4.69) is 25.8 Å². The Balaban J connectivity index is 3.24. The lowest BCUT2D eigenvalue weighted by Crippen LogP contribution is -2.13. The van der Waals surface area contributed by atoms with E-state index in [0.29, 0.717) is 5.15 Å². The summed E-state index contributed by atoms with van der Waals surface area (Å²) in [5.41, 5.74) is 1.10. The third-order valence-corrected chi connectivity index (χ3v) is 2.07. The van der Waals surface area contributed by atoms with Crippen LogP contribution in [0.25, 0.3) is 0 Å². The number of aromatic nitrogens is 1. The van der Waals surface area contributed by atoms with Gasteiger partial charge in [-0.05, 0) is 11.5 Å². The average Bonchev–Trinajstić information content (AvgIpc) is 2.03. The molecule has 0 bridgehead atoms. The quantitative estimate of drug-likeness (QED) is 0.649. The van der Waals surface area contributed by atoms with Crippen LogP contribution in [0.15, 0.2) is 12.3 Å². The molecule has 2 nitrogen and oxygen atoms in total. The van der Waals surface area contributed by atoms with Gasteiger partial charge in [0.1, 0.15) is 10.9 Å². The SMILES string of the molecule is COc1cnc(Cl)cc1C(C)(C)C. The van der Waals surface area contributed by atoms with Gasteiger partial charge in [0.25, 0.3) is 0 Å². The number of hydrogen-bond acceptors (Lipinski definition) is 2. The van der Waals surface area contributed by atoms with E-state index in [-0.39, 0.29) is 5.41 Å². The van der Waals surface area contributed by atoms with Crippen molar-refractivity contribution in [2.24, 2.45) is 0 Å². The molecule has 0 amide bonds. The maximum atomic E-state index is 5.81. The second kappa shape index (κ2) is 3.54. The molecule has 0 aromatic carbocycles. The number of ether oxygens (including phenoxy) is 1. The second-order valence-electron chi connectivity index (χ2n) is 3.96. The molecule has 0 saturated carbocycles. The third-order valence-electron chi connectivity index (χ3n) is 1.86. The normalized spacial score (nSPS) is 11.5. The highest BCUT2D eigenvalue weighted by Gasteiger charge is 2.19. The highest BCUT2D eigenvalue weighted by Crippen LogP contribution is 2.31. The summed E-state index contributed by atoms with van der Waals surface area (Å²) in [5, 5.41) is 0.505. The van der Waals surface area contributed by atoms with Crippen molar-refractivity contribution in [3.8, 4) is 5.75 Å². The van der Waals surface area contributed by atoms with Gasteiger partial charge in [-0.25, -0.2) is 4.98 Å². The van der Waals surface area contributed by atoms with E-state index in [0.717, 1.165) is 11.3 Å². The Morgan fingerprint density at radius 3 is 2.46 bits per heavy atom. The maximum Gasteiger partial charge on any atom is 0.140 e. The zero-order valence-electron chi connectivity index (χ0n) is 8.39. The van der Waals surface area contributed by atoms with Gasteiger partial charge >= 0.3 is 0 Å². The van der Waals surface area contributed by atoms with Crippen LogP contribution in [0.4, 0.5) is 0 Å². The van der Waals surface area contributed by atoms with Crippen molar-refractivity contribution >= 4 is 11.6 Å². The Morgan fingerprint density at radius 1 is 1.38 bits per heavy atom. The molecular weight excluding hydrogens is 186 g/mol. The van der Waals surface area contributed by atoms with Gasteiger partial charge in [0.15, 0.2) is 0 Å². The monoisotopic (exact) mass is 199 g/mol. The molecule has 0 unspecified atom stereocenters. The predicted molar refractivity (Wildman–Crippen MR) is 54.5 cm³/mol. The fraction of sp³-hybridized carbons (Fsp3) is 0.500. The number of nitrogens with zero attached hydrogens (tertiary/aromatic N) is 1. The van der Waals surface area contributed by atoms with Gasteiger partial charge in [0.2, 0.25) is 0 Å². The van der Waals surface area contributed by atoms with Crippen LogP contribution >= 0.6 is 11.6 Å². The Bertz CT molecular complexity index is 304. The topological polar surface area (TPSA) is 22.1 Å². The maximum absolute atomic E-state index is 5.81. The van der Waals surface area contributed by atoms with Gasteiger partial charge < -0.3 is 4.74 Å². The van der Waals surface area contributed by atoms with Crippen molar-refractivity contribution in [2.45, 2.75) is 26.2 Å². The second-order valence-corrected chi connectivity index (χ2v) is 4.34. The molecule has 0 spiro atoms. The number of methoxy groups -OCH3 is 1. The van der Waals surface area contributed by atoms with Gasteiger partial charge in [0.05, 0.1) is 13.3 Å². The third kappa shape index (κ3) is 2.34. The van der Waals surface area contributed by atoms with Crippen molar-refractivity contribution < 1.29 is 4.74 Å². The van der Waals surface area contributed by atoms with E-state index in [1.807, 2.05) is 6.07 Å². The van der Waals surface area contributed by atoms with Crippen LogP contribution in [0.1, 0.15) is 26.3 Å². The number of hydrogen-bond donors (Lipinski definition) is 0. The van der Waals surface area contributed by atoms with Crippen LogP contribution in [-0.4, -0.2) is 12.1 Å². The molecule has 1 heterocycles. The average molecular weight is 200 g/mol. The van der Waals surface area contributed by atoms with E-state index in [9.17, 15) is 0 Å². The molecule has 0 fully saturated rings. The Kier molecular flexibility index (Phi) is 2.81. The highest BCUT2D eigenvalue weighted by molar-refractivity contribution is 6.29. The summed E-state index contributed by atoms with van der Waals surface area (Å²) in [6.45, 7) is 6.34. The molecule has 72 valence electrons. The number of rotatable bonds is 1. The minimum absolute atomic E-state index is 0.0257. The van der Waals surface area contributed by atoms with Crippen LogP contribution in [0, 0.1) is 0 Å². The summed E-state index contributed by atoms with van der Waals surface area (Å²) in [7, 11) is 1.64. The first kappa shape index (κ1) is 10.3. The molecule has 0 N–H and O–H groups in total. The molecular formula is C10H14ClNO. The Morgan fingerprint density at radius 2 is 2.00 bits per heavy atom. The van der Waals surface area contributed by atoms with Crippen molar-refractivity contribution in [3.63, 3.8) is 0 Å². The van der Waals surface area contributed by atoms with Crippen molar-refractivity contribution in [3.05, 3.63) is 23.0 Å². The zero-order valence-corrected chi connectivity index (χ0v) is 9.14. The molecule has 13 heavy (non-hydrogen) atoms. The molecule has 0 radical (unpaired) electrons. The minimum Gasteiger partial charge on any atom is -0.495 e. The van der Waals surface area contributed by atoms with Crippen molar-refractivity contribution in [2.75, 3.05) is 7.11 Å². The summed E-state index contributed by atoms with van der Waals surface area (Å²) in [5.74, 6) is 0.789. The number of halogens is 1. The van der Waals surface area contributed by atoms with E-state index in [1.165, 1.54) is 0 Å². The van der Waals surface area contributed by atoms with Crippen LogP contribution in [-0.2, 0) is 5.41 Å².